The van der Waals surface area contributed by atoms with Gasteiger partial charge in [-0.25, -0.2) is 0 Å². The summed E-state index contributed by atoms with van der Waals surface area (Å²) in [6.07, 6.45) is -2.39. The first-order valence-corrected chi connectivity index (χ1v) is 5.92. The number of rotatable bonds is 10. The van der Waals surface area contributed by atoms with Gasteiger partial charge in [0.2, 0.25) is 6.29 Å². The predicted octanol–water partition coefficient (Wildman–Crippen LogP) is 0.306. The van der Waals surface area contributed by atoms with Crippen LogP contribution in [0, 0.1) is 0 Å². The Kier molecular flexibility index (Phi) is 8.74. The van der Waals surface area contributed by atoms with Crippen LogP contribution >= 0.6 is 0 Å². The minimum Gasteiger partial charge on any atom is -0.394 e. The van der Waals surface area contributed by atoms with Crippen LogP contribution in [0.1, 0.15) is 27.7 Å². The molecule has 0 radical (unpaired) electrons. The van der Waals surface area contributed by atoms with Gasteiger partial charge < -0.3 is 24.1 Å². The molecule has 106 valence electrons. The molecule has 1 N–H and O–H groups in total. The molecule has 6 heteroatoms. The number of aliphatic hydroxyl groups is 1. The third-order valence-electron chi connectivity index (χ3n) is 1.94. The molecule has 0 saturated heterocycles. The fraction of sp³-hybridized carbons (Fsp3) is 0.833. The molecule has 0 aromatic heterocycles. The summed E-state index contributed by atoms with van der Waals surface area (Å²) < 4.78 is 15.7. The fourth-order valence-corrected chi connectivity index (χ4v) is 1.28. The van der Waals surface area contributed by atoms with Gasteiger partial charge in [0.1, 0.15) is 12.2 Å². The maximum absolute atomic E-state index is 10.9. The van der Waals surface area contributed by atoms with Gasteiger partial charge in [-0.3, -0.25) is 4.79 Å². The number of hydrogen-bond donors (Lipinski definition) is 1. The molecule has 0 fully saturated rings. The van der Waals surface area contributed by atoms with Gasteiger partial charge in [0, 0.05) is 0 Å². The van der Waals surface area contributed by atoms with E-state index in [2.05, 4.69) is 0 Å². The Morgan fingerprint density at radius 3 is 1.83 bits per heavy atom. The fourth-order valence-electron chi connectivity index (χ4n) is 1.28. The first kappa shape index (κ1) is 17.2. The van der Waals surface area contributed by atoms with E-state index in [-0.39, 0.29) is 12.2 Å². The smallest absolute Gasteiger partial charge is 0.215 e. The molecule has 0 heterocycles. The van der Waals surface area contributed by atoms with Gasteiger partial charge in [-0.2, -0.15) is 0 Å². The van der Waals surface area contributed by atoms with Gasteiger partial charge in [0.15, 0.2) is 12.6 Å². The van der Waals surface area contributed by atoms with Crippen molar-refractivity contribution in [2.75, 3.05) is 6.61 Å². The van der Waals surface area contributed by atoms with Crippen molar-refractivity contribution in [3.63, 3.8) is 0 Å². The third kappa shape index (κ3) is 6.80. The average molecular weight is 262 g/mol. The molecular weight excluding hydrogens is 240 g/mol. The van der Waals surface area contributed by atoms with Gasteiger partial charge >= 0.3 is 0 Å². The molecule has 18 heavy (non-hydrogen) atoms. The maximum atomic E-state index is 10.9. The van der Waals surface area contributed by atoms with Crippen molar-refractivity contribution in [2.45, 2.75) is 58.4 Å². The number of carbonyl (C=O) groups is 2. The first-order valence-electron chi connectivity index (χ1n) is 5.92. The highest BCUT2D eigenvalue weighted by molar-refractivity contribution is 5.58. The van der Waals surface area contributed by atoms with Crippen molar-refractivity contribution >= 4 is 12.6 Å². The van der Waals surface area contributed by atoms with Crippen LogP contribution in [0.25, 0.3) is 0 Å². The van der Waals surface area contributed by atoms with Crippen LogP contribution in [-0.4, -0.2) is 55.0 Å². The summed E-state index contributed by atoms with van der Waals surface area (Å²) in [6.45, 7) is 6.56. The van der Waals surface area contributed by atoms with E-state index >= 15 is 0 Å². The number of carbonyl (C=O) groups excluding carboxylic acids is 2. The van der Waals surface area contributed by atoms with E-state index in [1.807, 2.05) is 0 Å². The summed E-state index contributed by atoms with van der Waals surface area (Å²) in [6, 6.07) is 0. The molecule has 0 aliphatic rings. The highest BCUT2D eigenvalue weighted by Gasteiger charge is 2.27. The summed E-state index contributed by atoms with van der Waals surface area (Å²) in [5, 5.41) is 9.18. The highest BCUT2D eigenvalue weighted by atomic mass is 16.7. The van der Waals surface area contributed by atoms with E-state index in [1.54, 1.807) is 27.7 Å². The lowest BCUT2D eigenvalue weighted by Gasteiger charge is -2.26. The van der Waals surface area contributed by atoms with Crippen LogP contribution in [0.3, 0.4) is 0 Å². The summed E-state index contributed by atoms with van der Waals surface area (Å²) >= 11 is 0. The number of hydrogen-bond acceptors (Lipinski definition) is 6. The van der Waals surface area contributed by atoms with Crippen LogP contribution in [0.4, 0.5) is 0 Å². The van der Waals surface area contributed by atoms with Crippen molar-refractivity contribution in [3.05, 3.63) is 0 Å². The summed E-state index contributed by atoms with van der Waals surface area (Å²) in [5.74, 6) is 0. The normalized spacial score (nSPS) is 16.6. The van der Waals surface area contributed by atoms with Crippen molar-refractivity contribution in [3.8, 4) is 0 Å². The maximum Gasteiger partial charge on any atom is 0.215 e. The number of aldehydes is 2. The Morgan fingerprint density at radius 2 is 1.50 bits per heavy atom. The molecule has 0 unspecified atom stereocenters. The lowest BCUT2D eigenvalue weighted by molar-refractivity contribution is -0.209. The van der Waals surface area contributed by atoms with E-state index in [9.17, 15) is 14.7 Å². The second kappa shape index (κ2) is 9.16. The standard InChI is InChI=1S/C12H22O6/c1-8(2)16-10(5-13)11(6-14)18-12(7-15)17-9(3)4/h5,7-12,14H,6H2,1-4H3/t10-,11+,12-/m0/s1. The largest absolute Gasteiger partial charge is 0.394 e. The molecule has 0 spiro atoms. The second-order valence-electron chi connectivity index (χ2n) is 4.33. The van der Waals surface area contributed by atoms with E-state index < -0.39 is 25.1 Å². The zero-order valence-electron chi connectivity index (χ0n) is 11.2. The van der Waals surface area contributed by atoms with Crippen LogP contribution < -0.4 is 0 Å². The monoisotopic (exact) mass is 262 g/mol. The number of ether oxygens (including phenoxy) is 3. The van der Waals surface area contributed by atoms with E-state index in [0.29, 0.717) is 12.6 Å². The van der Waals surface area contributed by atoms with Crippen LogP contribution in [-0.2, 0) is 23.8 Å². The Labute approximate surface area is 107 Å². The van der Waals surface area contributed by atoms with Crippen molar-refractivity contribution in [2.24, 2.45) is 0 Å². The lowest BCUT2D eigenvalue weighted by atomic mass is 10.2. The Hall–Kier alpha value is -0.820. The molecule has 6 nitrogen and oxygen atoms in total. The Balaban J connectivity index is 4.53. The summed E-state index contributed by atoms with van der Waals surface area (Å²) in [5.41, 5.74) is 0. The molecule has 0 aliphatic carbocycles. The topological polar surface area (TPSA) is 82.1 Å². The first-order chi connectivity index (χ1) is 8.44. The Morgan fingerprint density at radius 1 is 0.944 bits per heavy atom. The number of aliphatic hydroxyl groups excluding tert-OH is 1. The molecular formula is C12H22O6. The molecule has 3 atom stereocenters. The second-order valence-corrected chi connectivity index (χ2v) is 4.33. The molecule has 0 saturated carbocycles. The quantitative estimate of drug-likeness (QED) is 0.450. The van der Waals surface area contributed by atoms with Crippen molar-refractivity contribution in [1.82, 2.24) is 0 Å². The molecule has 0 rings (SSSR count). The average Bonchev–Trinajstić information content (AvgIpc) is 2.30. The van der Waals surface area contributed by atoms with Gasteiger partial charge in [-0.05, 0) is 27.7 Å². The van der Waals surface area contributed by atoms with Crippen LogP contribution in [0.15, 0.2) is 0 Å². The summed E-state index contributed by atoms with van der Waals surface area (Å²) in [4.78, 5) is 21.7. The minimum absolute atomic E-state index is 0.196. The van der Waals surface area contributed by atoms with Crippen LogP contribution in [0.5, 0.6) is 0 Å². The van der Waals surface area contributed by atoms with Gasteiger partial charge in [0.05, 0.1) is 18.8 Å². The Bertz CT molecular complexity index is 241. The lowest BCUT2D eigenvalue weighted by Crippen LogP contribution is -2.41. The predicted molar refractivity (Wildman–Crippen MR) is 64.1 cm³/mol. The minimum atomic E-state index is -1.12. The van der Waals surface area contributed by atoms with Gasteiger partial charge in [0.25, 0.3) is 0 Å². The van der Waals surface area contributed by atoms with Crippen molar-refractivity contribution < 1.29 is 28.9 Å². The molecule has 0 aromatic carbocycles. The van der Waals surface area contributed by atoms with E-state index in [1.165, 1.54) is 0 Å². The SMILES string of the molecule is CC(C)O[C@H](C=O)O[C@H](CO)[C@H](C=O)OC(C)C. The molecule has 0 bridgehead atoms. The zero-order chi connectivity index (χ0) is 14.1. The van der Waals surface area contributed by atoms with E-state index in [4.69, 9.17) is 14.2 Å². The van der Waals surface area contributed by atoms with E-state index in [0.717, 1.165) is 0 Å². The van der Waals surface area contributed by atoms with Crippen LogP contribution in [0.2, 0.25) is 0 Å². The van der Waals surface area contributed by atoms with Gasteiger partial charge in [-0.1, -0.05) is 0 Å². The van der Waals surface area contributed by atoms with Crippen molar-refractivity contribution in [1.29, 1.82) is 0 Å². The molecule has 0 amide bonds. The van der Waals surface area contributed by atoms with Gasteiger partial charge in [-0.15, -0.1) is 0 Å². The molecule has 0 aromatic rings. The summed E-state index contributed by atoms with van der Waals surface area (Å²) in [7, 11) is 0. The third-order valence-corrected chi connectivity index (χ3v) is 1.94. The zero-order valence-corrected chi connectivity index (χ0v) is 11.2. The highest BCUT2D eigenvalue weighted by Crippen LogP contribution is 2.09. The molecule has 0 aliphatic heterocycles.